The summed E-state index contributed by atoms with van der Waals surface area (Å²) in [6, 6.07) is 11.3. The summed E-state index contributed by atoms with van der Waals surface area (Å²) in [5, 5.41) is 10.0. The van der Waals surface area contributed by atoms with Crippen LogP contribution in [0.5, 0.6) is 5.75 Å². The van der Waals surface area contributed by atoms with E-state index >= 15 is 0 Å². The molecular formula is C18H21N3O. The molecule has 0 atom stereocenters. The second-order valence-electron chi connectivity index (χ2n) is 6.83. The second-order valence-corrected chi connectivity index (χ2v) is 6.83. The highest BCUT2D eigenvalue weighted by Gasteiger charge is 2.19. The number of imidazole rings is 1. The fourth-order valence-corrected chi connectivity index (χ4v) is 2.61. The summed E-state index contributed by atoms with van der Waals surface area (Å²) >= 11 is 0. The first kappa shape index (κ1) is 14.6. The van der Waals surface area contributed by atoms with Crippen molar-refractivity contribution in [3.63, 3.8) is 0 Å². The Kier molecular flexibility index (Phi) is 3.61. The van der Waals surface area contributed by atoms with Gasteiger partial charge in [-0.1, -0.05) is 39.0 Å². The van der Waals surface area contributed by atoms with Gasteiger partial charge < -0.3 is 9.67 Å². The Bertz CT molecular complexity index is 799. The fraction of sp³-hybridized carbons (Fsp3) is 0.333. The van der Waals surface area contributed by atoms with E-state index in [-0.39, 0.29) is 5.41 Å². The van der Waals surface area contributed by atoms with Crippen LogP contribution in [0, 0.1) is 5.41 Å². The summed E-state index contributed by atoms with van der Waals surface area (Å²) in [7, 11) is 0. The van der Waals surface area contributed by atoms with E-state index in [4.69, 9.17) is 4.98 Å². The topological polar surface area (TPSA) is 50.9 Å². The smallest absolute Gasteiger partial charge is 0.160 e. The van der Waals surface area contributed by atoms with Gasteiger partial charge in [-0.05, 0) is 23.6 Å². The molecule has 0 fully saturated rings. The molecule has 0 saturated heterocycles. The third kappa shape index (κ3) is 2.96. The molecule has 2 heterocycles. The first-order valence-electron chi connectivity index (χ1n) is 7.51. The van der Waals surface area contributed by atoms with Crippen molar-refractivity contribution in [3.05, 3.63) is 54.0 Å². The molecular weight excluding hydrogens is 274 g/mol. The fourth-order valence-electron chi connectivity index (χ4n) is 2.61. The molecule has 22 heavy (non-hydrogen) atoms. The van der Waals surface area contributed by atoms with Crippen LogP contribution in [0.2, 0.25) is 0 Å². The molecule has 0 radical (unpaired) electrons. The lowest BCUT2D eigenvalue weighted by molar-refractivity contribution is 0.342. The minimum Gasteiger partial charge on any atom is -0.508 e. The van der Waals surface area contributed by atoms with E-state index in [0.717, 1.165) is 29.1 Å². The number of hydrogen-bond donors (Lipinski definition) is 1. The van der Waals surface area contributed by atoms with Crippen LogP contribution in [-0.4, -0.2) is 19.6 Å². The molecule has 0 aliphatic carbocycles. The molecule has 1 N–H and O–H groups in total. The van der Waals surface area contributed by atoms with E-state index in [2.05, 4.69) is 30.3 Å². The molecule has 4 heteroatoms. The van der Waals surface area contributed by atoms with Crippen LogP contribution in [0.1, 0.15) is 32.2 Å². The van der Waals surface area contributed by atoms with Crippen LogP contribution >= 0.6 is 0 Å². The number of aromatic hydroxyl groups is 1. The SMILES string of the molecule is CC(C)(C)Cn1c(Cc2ccccc2O)nc2cccnc21. The van der Waals surface area contributed by atoms with Crippen molar-refractivity contribution < 1.29 is 5.11 Å². The average molecular weight is 295 g/mol. The number of aromatic nitrogens is 3. The predicted octanol–water partition coefficient (Wildman–Crippen LogP) is 3.77. The highest BCUT2D eigenvalue weighted by Crippen LogP contribution is 2.25. The summed E-state index contributed by atoms with van der Waals surface area (Å²) in [4.78, 5) is 9.21. The van der Waals surface area contributed by atoms with Crippen molar-refractivity contribution in [2.75, 3.05) is 0 Å². The van der Waals surface area contributed by atoms with Gasteiger partial charge in [0, 0.05) is 24.7 Å². The molecule has 3 rings (SSSR count). The number of hydrogen-bond acceptors (Lipinski definition) is 3. The van der Waals surface area contributed by atoms with Crippen molar-refractivity contribution in [3.8, 4) is 5.75 Å². The van der Waals surface area contributed by atoms with Gasteiger partial charge in [0.2, 0.25) is 0 Å². The van der Waals surface area contributed by atoms with Crippen LogP contribution < -0.4 is 0 Å². The predicted molar refractivity (Wildman–Crippen MR) is 87.9 cm³/mol. The van der Waals surface area contributed by atoms with Crippen molar-refractivity contribution in [1.29, 1.82) is 0 Å². The highest BCUT2D eigenvalue weighted by atomic mass is 16.3. The summed E-state index contributed by atoms with van der Waals surface area (Å²) < 4.78 is 2.17. The van der Waals surface area contributed by atoms with E-state index in [1.807, 2.05) is 30.3 Å². The minimum atomic E-state index is 0.124. The number of fused-ring (bicyclic) bond motifs is 1. The summed E-state index contributed by atoms with van der Waals surface area (Å²) in [5.41, 5.74) is 2.81. The molecule has 0 aliphatic rings. The van der Waals surface area contributed by atoms with Gasteiger partial charge in [0.25, 0.3) is 0 Å². The Morgan fingerprint density at radius 2 is 1.86 bits per heavy atom. The van der Waals surface area contributed by atoms with Gasteiger partial charge in [-0.2, -0.15) is 0 Å². The minimum absolute atomic E-state index is 0.124. The maximum atomic E-state index is 10.0. The van der Waals surface area contributed by atoms with Crippen molar-refractivity contribution in [1.82, 2.24) is 14.5 Å². The van der Waals surface area contributed by atoms with E-state index in [1.54, 1.807) is 12.3 Å². The van der Waals surface area contributed by atoms with Crippen molar-refractivity contribution in [2.24, 2.45) is 5.41 Å². The zero-order valence-electron chi connectivity index (χ0n) is 13.2. The zero-order valence-corrected chi connectivity index (χ0v) is 13.2. The van der Waals surface area contributed by atoms with Gasteiger partial charge in [-0.3, -0.25) is 0 Å². The van der Waals surface area contributed by atoms with Gasteiger partial charge in [0.15, 0.2) is 5.65 Å². The standard InChI is InChI=1S/C18H21N3O/c1-18(2,3)12-21-16(11-13-7-4-5-9-15(13)22)20-14-8-6-10-19-17(14)21/h4-10,22H,11-12H2,1-3H3. The molecule has 114 valence electrons. The molecule has 1 aromatic carbocycles. The third-order valence-corrected chi connectivity index (χ3v) is 3.56. The highest BCUT2D eigenvalue weighted by molar-refractivity contribution is 5.71. The first-order valence-corrected chi connectivity index (χ1v) is 7.51. The lowest BCUT2D eigenvalue weighted by Gasteiger charge is -2.21. The molecule has 0 amide bonds. The van der Waals surface area contributed by atoms with E-state index in [0.29, 0.717) is 12.2 Å². The normalized spacial score (nSPS) is 12.0. The third-order valence-electron chi connectivity index (χ3n) is 3.56. The van der Waals surface area contributed by atoms with Gasteiger partial charge >= 0.3 is 0 Å². The zero-order chi connectivity index (χ0) is 15.7. The monoisotopic (exact) mass is 295 g/mol. The summed E-state index contributed by atoms with van der Waals surface area (Å²) in [6.07, 6.45) is 2.39. The molecule has 2 aromatic heterocycles. The Labute approximate surface area is 130 Å². The molecule has 3 aromatic rings. The molecule has 0 aliphatic heterocycles. The van der Waals surface area contributed by atoms with E-state index in [9.17, 15) is 5.11 Å². The molecule has 0 saturated carbocycles. The molecule has 4 nitrogen and oxygen atoms in total. The van der Waals surface area contributed by atoms with Crippen molar-refractivity contribution >= 4 is 11.2 Å². The maximum Gasteiger partial charge on any atom is 0.160 e. The maximum absolute atomic E-state index is 10.0. The number of pyridine rings is 1. The number of nitrogens with zero attached hydrogens (tertiary/aromatic N) is 3. The lowest BCUT2D eigenvalue weighted by Crippen LogP contribution is -2.18. The number of rotatable bonds is 3. The molecule has 0 bridgehead atoms. The molecule has 0 unspecified atom stereocenters. The van der Waals surface area contributed by atoms with Crippen LogP contribution in [0.4, 0.5) is 0 Å². The van der Waals surface area contributed by atoms with E-state index < -0.39 is 0 Å². The summed E-state index contributed by atoms with van der Waals surface area (Å²) in [5.74, 6) is 1.25. The van der Waals surface area contributed by atoms with Crippen LogP contribution in [0.25, 0.3) is 11.2 Å². The average Bonchev–Trinajstić information content (AvgIpc) is 2.78. The largest absolute Gasteiger partial charge is 0.508 e. The van der Waals surface area contributed by atoms with Gasteiger partial charge in [-0.25, -0.2) is 9.97 Å². The second kappa shape index (κ2) is 5.44. The van der Waals surface area contributed by atoms with Gasteiger partial charge in [0.1, 0.15) is 17.1 Å². The van der Waals surface area contributed by atoms with Crippen LogP contribution in [-0.2, 0) is 13.0 Å². The quantitative estimate of drug-likeness (QED) is 0.800. The van der Waals surface area contributed by atoms with Crippen molar-refractivity contribution in [2.45, 2.75) is 33.7 Å². The Hall–Kier alpha value is -2.36. The number of para-hydroxylation sites is 1. The van der Waals surface area contributed by atoms with E-state index in [1.165, 1.54) is 0 Å². The number of phenols is 1. The Balaban J connectivity index is 2.08. The van der Waals surface area contributed by atoms with Crippen LogP contribution in [0.15, 0.2) is 42.6 Å². The van der Waals surface area contributed by atoms with Gasteiger partial charge in [-0.15, -0.1) is 0 Å². The molecule has 0 spiro atoms. The number of phenolic OH excluding ortho intramolecular Hbond substituents is 1. The number of benzene rings is 1. The van der Waals surface area contributed by atoms with Gasteiger partial charge in [0.05, 0.1) is 0 Å². The lowest BCUT2D eigenvalue weighted by atomic mass is 9.96. The van der Waals surface area contributed by atoms with Crippen LogP contribution in [0.3, 0.4) is 0 Å². The Morgan fingerprint density at radius 1 is 1.09 bits per heavy atom. The first-order chi connectivity index (χ1) is 10.4. The Morgan fingerprint density at radius 3 is 2.59 bits per heavy atom. The summed E-state index contributed by atoms with van der Waals surface area (Å²) in [6.45, 7) is 7.44.